The second-order valence-electron chi connectivity index (χ2n) is 3.45. The molecule has 2 rings (SSSR count). The molecule has 1 aromatic carbocycles. The van der Waals surface area contributed by atoms with Gasteiger partial charge in [-0.15, -0.1) is 4.91 Å². The zero-order chi connectivity index (χ0) is 11.7. The Kier molecular flexibility index (Phi) is 2.44. The van der Waals surface area contributed by atoms with E-state index in [1.807, 2.05) is 0 Å². The Balaban J connectivity index is 2.97. The van der Waals surface area contributed by atoms with E-state index in [0.29, 0.717) is 16.7 Å². The van der Waals surface area contributed by atoms with Crippen molar-refractivity contribution in [1.29, 1.82) is 0 Å². The molecular weight excluding hydrogens is 208 g/mol. The quantitative estimate of drug-likeness (QED) is 0.785. The maximum Gasteiger partial charge on any atom is 0.248 e. The molecule has 0 atom stereocenters. The molecule has 0 amide bonds. The van der Waals surface area contributed by atoms with E-state index in [0.717, 1.165) is 5.56 Å². The molecule has 0 fully saturated rings. The third-order valence-electron chi connectivity index (χ3n) is 2.44. The fraction of sp³-hybridized carbons (Fsp3) is 0.182. The number of aromatic nitrogens is 1. The van der Waals surface area contributed by atoms with E-state index in [4.69, 9.17) is 4.74 Å². The summed E-state index contributed by atoms with van der Waals surface area (Å²) in [4.78, 5) is 24.6. The summed E-state index contributed by atoms with van der Waals surface area (Å²) in [6.45, 7) is 1.79. The predicted octanol–water partition coefficient (Wildman–Crippen LogP) is 2.24. The summed E-state index contributed by atoms with van der Waals surface area (Å²) in [6, 6.07) is 4.62. The van der Waals surface area contributed by atoms with Gasteiger partial charge in [0.1, 0.15) is 0 Å². The van der Waals surface area contributed by atoms with Crippen LogP contribution in [-0.2, 0) is 0 Å². The van der Waals surface area contributed by atoms with Gasteiger partial charge >= 0.3 is 0 Å². The van der Waals surface area contributed by atoms with Gasteiger partial charge in [-0.2, -0.15) is 0 Å². The lowest BCUT2D eigenvalue weighted by Crippen LogP contribution is -2.05. The monoisotopic (exact) mass is 218 g/mol. The van der Waals surface area contributed by atoms with Crippen LogP contribution in [0.2, 0.25) is 0 Å². The number of methoxy groups -OCH3 is 1. The fourth-order valence-corrected chi connectivity index (χ4v) is 1.78. The van der Waals surface area contributed by atoms with E-state index < -0.39 is 0 Å². The molecule has 0 aliphatic carbocycles. The Bertz CT molecular complexity index is 616. The molecule has 0 radical (unpaired) electrons. The van der Waals surface area contributed by atoms with Crippen LogP contribution in [0.25, 0.3) is 10.9 Å². The highest BCUT2D eigenvalue weighted by atomic mass is 16.5. The topological polar surface area (TPSA) is 71.5 Å². The van der Waals surface area contributed by atoms with Crippen molar-refractivity contribution in [1.82, 2.24) is 4.98 Å². The number of nitrogens with zero attached hydrogens (tertiary/aromatic N) is 1. The van der Waals surface area contributed by atoms with Gasteiger partial charge in [-0.3, -0.25) is 4.79 Å². The molecule has 1 N–H and O–H groups in total. The third-order valence-corrected chi connectivity index (χ3v) is 2.44. The normalized spacial score (nSPS) is 10.4. The number of aromatic amines is 1. The van der Waals surface area contributed by atoms with E-state index in [9.17, 15) is 9.70 Å². The first-order valence-electron chi connectivity index (χ1n) is 4.71. The molecule has 2 aromatic rings. The summed E-state index contributed by atoms with van der Waals surface area (Å²) < 4.78 is 5.15. The van der Waals surface area contributed by atoms with Crippen molar-refractivity contribution in [2.75, 3.05) is 7.11 Å². The zero-order valence-corrected chi connectivity index (χ0v) is 8.90. The van der Waals surface area contributed by atoms with Gasteiger partial charge < -0.3 is 9.72 Å². The van der Waals surface area contributed by atoms with E-state index >= 15 is 0 Å². The lowest BCUT2D eigenvalue weighted by atomic mass is 10.1. The first-order chi connectivity index (χ1) is 7.67. The van der Waals surface area contributed by atoms with E-state index in [-0.39, 0.29) is 11.2 Å². The second kappa shape index (κ2) is 3.77. The molecule has 0 spiro atoms. The van der Waals surface area contributed by atoms with Gasteiger partial charge in [0.15, 0.2) is 11.4 Å². The summed E-state index contributed by atoms with van der Waals surface area (Å²) in [5.41, 5.74) is 1.43. The predicted molar refractivity (Wildman–Crippen MR) is 61.3 cm³/mol. The van der Waals surface area contributed by atoms with Crippen LogP contribution in [0.15, 0.2) is 28.2 Å². The van der Waals surface area contributed by atoms with Gasteiger partial charge in [0, 0.05) is 11.5 Å². The number of benzene rings is 1. The molecule has 0 bridgehead atoms. The van der Waals surface area contributed by atoms with E-state index in [1.54, 1.807) is 13.0 Å². The van der Waals surface area contributed by atoms with Crippen LogP contribution in [0.5, 0.6) is 5.75 Å². The lowest BCUT2D eigenvalue weighted by Gasteiger charge is -2.08. The molecule has 0 unspecified atom stereocenters. The van der Waals surface area contributed by atoms with Crippen LogP contribution in [-0.4, -0.2) is 12.1 Å². The van der Waals surface area contributed by atoms with Crippen molar-refractivity contribution < 1.29 is 4.74 Å². The zero-order valence-electron chi connectivity index (χ0n) is 8.90. The molecule has 0 saturated heterocycles. The van der Waals surface area contributed by atoms with Crippen molar-refractivity contribution in [2.45, 2.75) is 6.92 Å². The Hall–Kier alpha value is -2.17. The minimum atomic E-state index is -0.182. The van der Waals surface area contributed by atoms with Crippen LogP contribution >= 0.6 is 0 Å². The lowest BCUT2D eigenvalue weighted by molar-refractivity contribution is 0.421. The highest BCUT2D eigenvalue weighted by molar-refractivity contribution is 5.92. The number of hydrogen-bond acceptors (Lipinski definition) is 4. The smallest absolute Gasteiger partial charge is 0.248 e. The number of pyridine rings is 1. The summed E-state index contributed by atoms with van der Waals surface area (Å²) >= 11 is 0. The maximum atomic E-state index is 11.3. The van der Waals surface area contributed by atoms with Gasteiger partial charge in [-0.1, -0.05) is 0 Å². The standard InChI is InChI=1S/C11H10N2O3/c1-6-5-9(14)12-7-3-4-8(13-15)11(16-2)10(6)7/h3-5H,1-2H3,(H,12,14). The van der Waals surface area contributed by atoms with Crippen molar-refractivity contribution in [3.63, 3.8) is 0 Å². The first-order valence-corrected chi connectivity index (χ1v) is 4.71. The number of nitrogens with one attached hydrogen (secondary N) is 1. The molecule has 5 nitrogen and oxygen atoms in total. The molecule has 82 valence electrons. The number of fused-ring (bicyclic) bond motifs is 1. The average molecular weight is 218 g/mol. The maximum absolute atomic E-state index is 11.3. The minimum absolute atomic E-state index is 0.182. The molecule has 0 aliphatic heterocycles. The summed E-state index contributed by atoms with van der Waals surface area (Å²) in [5, 5.41) is 3.60. The van der Waals surface area contributed by atoms with Crippen molar-refractivity contribution >= 4 is 16.6 Å². The fourth-order valence-electron chi connectivity index (χ4n) is 1.78. The Morgan fingerprint density at radius 3 is 2.75 bits per heavy atom. The first kappa shape index (κ1) is 10.4. The molecular formula is C11H10N2O3. The SMILES string of the molecule is COc1c(N=O)ccc2[nH]c(=O)cc(C)c12. The molecule has 16 heavy (non-hydrogen) atoms. The molecule has 1 heterocycles. The molecule has 0 saturated carbocycles. The van der Waals surface area contributed by atoms with Gasteiger partial charge in [-0.25, -0.2) is 0 Å². The Morgan fingerprint density at radius 2 is 2.12 bits per heavy atom. The summed E-state index contributed by atoms with van der Waals surface area (Å²) in [6.07, 6.45) is 0. The van der Waals surface area contributed by atoms with Crippen molar-refractivity contribution in [2.24, 2.45) is 5.18 Å². The summed E-state index contributed by atoms with van der Waals surface area (Å²) in [7, 11) is 1.47. The third kappa shape index (κ3) is 1.46. The number of aryl methyl sites for hydroxylation is 1. The average Bonchev–Trinajstić information content (AvgIpc) is 2.27. The Morgan fingerprint density at radius 1 is 1.38 bits per heavy atom. The van der Waals surface area contributed by atoms with E-state index in [2.05, 4.69) is 10.2 Å². The molecule has 1 aromatic heterocycles. The number of nitroso groups, excluding NO2 is 1. The van der Waals surface area contributed by atoms with Crippen molar-refractivity contribution in [3.8, 4) is 5.75 Å². The minimum Gasteiger partial charge on any atom is -0.494 e. The number of ether oxygens (including phenoxy) is 1. The van der Waals surface area contributed by atoms with E-state index in [1.165, 1.54) is 19.2 Å². The van der Waals surface area contributed by atoms with Crippen LogP contribution in [0.1, 0.15) is 5.56 Å². The van der Waals surface area contributed by atoms with Gasteiger partial charge in [0.2, 0.25) is 5.56 Å². The van der Waals surface area contributed by atoms with Crippen molar-refractivity contribution in [3.05, 3.63) is 39.0 Å². The highest BCUT2D eigenvalue weighted by Gasteiger charge is 2.11. The van der Waals surface area contributed by atoms with Crippen LogP contribution < -0.4 is 10.3 Å². The number of rotatable bonds is 2. The largest absolute Gasteiger partial charge is 0.494 e. The van der Waals surface area contributed by atoms with Crippen LogP contribution in [0.4, 0.5) is 5.69 Å². The van der Waals surface area contributed by atoms with Crippen LogP contribution in [0.3, 0.4) is 0 Å². The van der Waals surface area contributed by atoms with Gasteiger partial charge in [0.25, 0.3) is 0 Å². The van der Waals surface area contributed by atoms with Crippen LogP contribution in [0, 0.1) is 11.8 Å². The van der Waals surface area contributed by atoms with Gasteiger partial charge in [-0.05, 0) is 29.8 Å². The highest BCUT2D eigenvalue weighted by Crippen LogP contribution is 2.35. The number of H-pyrrole nitrogens is 1. The molecule has 5 heteroatoms. The Labute approximate surface area is 91.0 Å². The number of hydrogen-bond donors (Lipinski definition) is 1. The molecule has 0 aliphatic rings. The summed E-state index contributed by atoms with van der Waals surface area (Å²) in [5.74, 6) is 0.390. The second-order valence-corrected chi connectivity index (χ2v) is 3.45. The van der Waals surface area contributed by atoms with Gasteiger partial charge in [0.05, 0.1) is 12.6 Å².